The fourth-order valence-electron chi connectivity index (χ4n) is 2.85. The van der Waals surface area contributed by atoms with E-state index in [9.17, 15) is 4.79 Å². The highest BCUT2D eigenvalue weighted by Gasteiger charge is 2.15. The minimum Gasteiger partial charge on any atom is -0.321 e. The van der Waals surface area contributed by atoms with Crippen LogP contribution < -0.4 is 5.32 Å². The first kappa shape index (κ1) is 17.3. The maximum atomic E-state index is 12.9. The van der Waals surface area contributed by atoms with Crippen molar-refractivity contribution in [2.24, 2.45) is 0 Å². The topological polar surface area (TPSA) is 59.3 Å². The van der Waals surface area contributed by atoms with Crippen molar-refractivity contribution < 1.29 is 4.79 Å². The number of anilines is 1. The number of aromatic nitrogens is 3. The number of para-hydroxylation sites is 1. The van der Waals surface area contributed by atoms with Gasteiger partial charge in [0.15, 0.2) is 5.65 Å². The Morgan fingerprint density at radius 2 is 1.78 bits per heavy atom. The minimum absolute atomic E-state index is 0.198. The van der Waals surface area contributed by atoms with E-state index in [1.165, 1.54) is 0 Å². The molecule has 1 amide bonds. The number of amides is 1. The number of carbonyl (C=O) groups excluding carboxylic acids is 1. The van der Waals surface area contributed by atoms with Gasteiger partial charge in [-0.2, -0.15) is 5.10 Å². The van der Waals surface area contributed by atoms with Crippen LogP contribution >= 0.6 is 11.8 Å². The van der Waals surface area contributed by atoms with E-state index in [1.807, 2.05) is 74.5 Å². The molecule has 5 nitrogen and oxygen atoms in total. The largest absolute Gasteiger partial charge is 0.321 e. The molecular formula is C21H18N4OS. The molecule has 1 N–H and O–H groups in total. The molecule has 2 aromatic heterocycles. The Labute approximate surface area is 161 Å². The Balaban J connectivity index is 1.63. The number of hydrogen-bond donors (Lipinski definition) is 1. The summed E-state index contributed by atoms with van der Waals surface area (Å²) in [6.07, 6.45) is 1.61. The Morgan fingerprint density at radius 1 is 1.04 bits per heavy atom. The van der Waals surface area contributed by atoms with Crippen molar-refractivity contribution >= 4 is 29.0 Å². The van der Waals surface area contributed by atoms with Crippen LogP contribution in [0.1, 0.15) is 21.7 Å². The molecule has 0 bridgehead atoms. The second-order valence-corrected chi connectivity index (χ2v) is 7.29. The SMILES string of the molecule is Cc1cc2ncc(C(=O)Nc3ccccc3Sc3ccccc3)c(C)n2n1. The monoisotopic (exact) mass is 374 g/mol. The summed E-state index contributed by atoms with van der Waals surface area (Å²) in [5.74, 6) is -0.198. The smallest absolute Gasteiger partial charge is 0.259 e. The number of benzene rings is 2. The van der Waals surface area contributed by atoms with Crippen molar-refractivity contribution in [2.45, 2.75) is 23.6 Å². The molecule has 0 saturated carbocycles. The van der Waals surface area contributed by atoms with Crippen LogP contribution in [0.5, 0.6) is 0 Å². The molecule has 4 aromatic rings. The summed E-state index contributed by atoms with van der Waals surface area (Å²) in [7, 11) is 0. The van der Waals surface area contributed by atoms with Gasteiger partial charge in [-0.25, -0.2) is 9.50 Å². The molecule has 0 aliphatic heterocycles. The summed E-state index contributed by atoms with van der Waals surface area (Å²) >= 11 is 1.61. The van der Waals surface area contributed by atoms with E-state index < -0.39 is 0 Å². The highest BCUT2D eigenvalue weighted by Crippen LogP contribution is 2.33. The van der Waals surface area contributed by atoms with E-state index in [1.54, 1.807) is 22.5 Å². The van der Waals surface area contributed by atoms with Crippen molar-refractivity contribution in [3.05, 3.63) is 83.8 Å². The number of fused-ring (bicyclic) bond motifs is 1. The second kappa shape index (κ2) is 7.25. The molecule has 0 unspecified atom stereocenters. The highest BCUT2D eigenvalue weighted by molar-refractivity contribution is 7.99. The van der Waals surface area contributed by atoms with Crippen LogP contribution in [0.4, 0.5) is 5.69 Å². The van der Waals surface area contributed by atoms with Gasteiger partial charge < -0.3 is 5.32 Å². The first-order chi connectivity index (χ1) is 13.1. The summed E-state index contributed by atoms with van der Waals surface area (Å²) in [6, 6.07) is 19.8. The normalized spacial score (nSPS) is 10.9. The standard InChI is InChI=1S/C21H18N4OS/c1-14-12-20-22-13-17(15(2)25(20)24-14)21(26)23-18-10-6-7-11-19(18)27-16-8-4-3-5-9-16/h3-13H,1-2H3,(H,23,26). The number of nitrogens with one attached hydrogen (secondary N) is 1. The van der Waals surface area contributed by atoms with Crippen LogP contribution in [0.3, 0.4) is 0 Å². The summed E-state index contributed by atoms with van der Waals surface area (Å²) in [5, 5.41) is 7.42. The Kier molecular flexibility index (Phi) is 4.64. The lowest BCUT2D eigenvalue weighted by Crippen LogP contribution is -2.16. The van der Waals surface area contributed by atoms with Crippen LogP contribution in [0.15, 0.2) is 76.7 Å². The lowest BCUT2D eigenvalue weighted by Gasteiger charge is -2.12. The molecule has 0 radical (unpaired) electrons. The van der Waals surface area contributed by atoms with Crippen molar-refractivity contribution in [2.75, 3.05) is 5.32 Å². The van der Waals surface area contributed by atoms with Crippen LogP contribution in [-0.4, -0.2) is 20.5 Å². The first-order valence-electron chi connectivity index (χ1n) is 8.57. The van der Waals surface area contributed by atoms with Crippen molar-refractivity contribution in [1.82, 2.24) is 14.6 Å². The van der Waals surface area contributed by atoms with E-state index in [2.05, 4.69) is 15.4 Å². The van der Waals surface area contributed by atoms with E-state index in [0.717, 1.165) is 32.5 Å². The molecule has 6 heteroatoms. The fraction of sp³-hybridized carbons (Fsp3) is 0.0952. The van der Waals surface area contributed by atoms with Crippen LogP contribution in [0, 0.1) is 13.8 Å². The van der Waals surface area contributed by atoms with Gasteiger partial charge in [0.25, 0.3) is 5.91 Å². The van der Waals surface area contributed by atoms with Gasteiger partial charge in [0.05, 0.1) is 22.6 Å². The molecule has 0 atom stereocenters. The van der Waals surface area contributed by atoms with Gasteiger partial charge in [0, 0.05) is 22.1 Å². The molecule has 0 aliphatic rings. The van der Waals surface area contributed by atoms with E-state index in [-0.39, 0.29) is 5.91 Å². The van der Waals surface area contributed by atoms with Crippen molar-refractivity contribution in [3.63, 3.8) is 0 Å². The molecule has 0 fully saturated rings. The average molecular weight is 374 g/mol. The zero-order valence-corrected chi connectivity index (χ0v) is 15.8. The first-order valence-corrected chi connectivity index (χ1v) is 9.39. The quantitative estimate of drug-likeness (QED) is 0.560. The summed E-state index contributed by atoms with van der Waals surface area (Å²) in [4.78, 5) is 19.3. The number of carbonyl (C=O) groups is 1. The Bertz CT molecular complexity index is 1120. The van der Waals surface area contributed by atoms with Gasteiger partial charge in [-0.3, -0.25) is 4.79 Å². The maximum Gasteiger partial charge on any atom is 0.259 e. The predicted molar refractivity (Wildman–Crippen MR) is 107 cm³/mol. The van der Waals surface area contributed by atoms with Gasteiger partial charge in [0.2, 0.25) is 0 Å². The van der Waals surface area contributed by atoms with E-state index >= 15 is 0 Å². The van der Waals surface area contributed by atoms with Crippen LogP contribution in [0.25, 0.3) is 5.65 Å². The van der Waals surface area contributed by atoms with E-state index in [4.69, 9.17) is 0 Å². The number of hydrogen-bond acceptors (Lipinski definition) is 4. The molecular weight excluding hydrogens is 356 g/mol. The molecule has 4 rings (SSSR count). The average Bonchev–Trinajstić information content (AvgIpc) is 3.06. The predicted octanol–water partition coefficient (Wildman–Crippen LogP) is 4.75. The zero-order chi connectivity index (χ0) is 18.8. The maximum absolute atomic E-state index is 12.9. The van der Waals surface area contributed by atoms with Crippen LogP contribution in [-0.2, 0) is 0 Å². The molecule has 0 aliphatic carbocycles. The van der Waals surface area contributed by atoms with Gasteiger partial charge in [-0.15, -0.1) is 0 Å². The third-order valence-electron chi connectivity index (χ3n) is 4.20. The Morgan fingerprint density at radius 3 is 2.59 bits per heavy atom. The lowest BCUT2D eigenvalue weighted by atomic mass is 10.2. The Hall–Kier alpha value is -3.12. The molecule has 0 saturated heterocycles. The van der Waals surface area contributed by atoms with Gasteiger partial charge in [0.1, 0.15) is 0 Å². The lowest BCUT2D eigenvalue weighted by molar-refractivity contribution is 0.102. The number of nitrogens with zero attached hydrogens (tertiary/aromatic N) is 3. The molecule has 2 aromatic carbocycles. The minimum atomic E-state index is -0.198. The fourth-order valence-corrected chi connectivity index (χ4v) is 3.77. The summed E-state index contributed by atoms with van der Waals surface area (Å²) in [5.41, 5.74) is 3.64. The molecule has 27 heavy (non-hydrogen) atoms. The number of rotatable bonds is 4. The third kappa shape index (κ3) is 3.57. The molecule has 2 heterocycles. The van der Waals surface area contributed by atoms with Gasteiger partial charge in [-0.05, 0) is 38.1 Å². The highest BCUT2D eigenvalue weighted by atomic mass is 32.2. The third-order valence-corrected chi connectivity index (χ3v) is 5.28. The molecule has 0 spiro atoms. The van der Waals surface area contributed by atoms with Gasteiger partial charge in [-0.1, -0.05) is 42.1 Å². The summed E-state index contributed by atoms with van der Waals surface area (Å²) in [6.45, 7) is 3.78. The van der Waals surface area contributed by atoms with Crippen LogP contribution in [0.2, 0.25) is 0 Å². The zero-order valence-electron chi connectivity index (χ0n) is 15.0. The van der Waals surface area contributed by atoms with Crippen molar-refractivity contribution in [1.29, 1.82) is 0 Å². The van der Waals surface area contributed by atoms with Gasteiger partial charge >= 0.3 is 0 Å². The summed E-state index contributed by atoms with van der Waals surface area (Å²) < 4.78 is 1.70. The second-order valence-electron chi connectivity index (χ2n) is 6.18. The van der Waals surface area contributed by atoms with E-state index in [0.29, 0.717) is 5.56 Å². The molecule has 134 valence electrons. The van der Waals surface area contributed by atoms with Crippen molar-refractivity contribution in [3.8, 4) is 0 Å². The number of aryl methyl sites for hydroxylation is 2.